The first-order valence-electron chi connectivity index (χ1n) is 7.59. The van der Waals surface area contributed by atoms with Crippen LogP contribution in [0.3, 0.4) is 0 Å². The molecule has 1 heterocycles. The highest BCUT2D eigenvalue weighted by Gasteiger charge is 2.19. The molecular formula is C16H28N4O. The zero-order valence-electron chi connectivity index (χ0n) is 13.8. The molecule has 1 amide bonds. The predicted molar refractivity (Wildman–Crippen MR) is 87.7 cm³/mol. The van der Waals surface area contributed by atoms with Crippen LogP contribution in [0, 0.1) is 5.92 Å². The summed E-state index contributed by atoms with van der Waals surface area (Å²) in [4.78, 5) is 18.7. The summed E-state index contributed by atoms with van der Waals surface area (Å²) in [5.41, 5.74) is 1.45. The Labute approximate surface area is 128 Å². The largest absolute Gasteiger partial charge is 0.384 e. The van der Waals surface area contributed by atoms with Crippen LogP contribution in [0.5, 0.6) is 0 Å². The zero-order valence-corrected chi connectivity index (χ0v) is 13.8. The monoisotopic (exact) mass is 292 g/mol. The van der Waals surface area contributed by atoms with Crippen molar-refractivity contribution in [1.82, 2.24) is 15.2 Å². The fourth-order valence-electron chi connectivity index (χ4n) is 2.05. The summed E-state index contributed by atoms with van der Waals surface area (Å²) in [5.74, 6) is 0.308. The number of rotatable bonds is 8. The van der Waals surface area contributed by atoms with Crippen molar-refractivity contribution in [3.05, 3.63) is 24.0 Å². The van der Waals surface area contributed by atoms with Crippen molar-refractivity contribution in [3.8, 4) is 0 Å². The van der Waals surface area contributed by atoms with E-state index in [1.807, 2.05) is 20.2 Å². The fraction of sp³-hybridized carbons (Fsp3) is 0.625. The Morgan fingerprint density at radius 1 is 1.38 bits per heavy atom. The maximum Gasteiger partial charge on any atom is 0.255 e. The van der Waals surface area contributed by atoms with Crippen molar-refractivity contribution in [2.24, 2.45) is 5.92 Å². The van der Waals surface area contributed by atoms with E-state index in [1.54, 1.807) is 12.4 Å². The van der Waals surface area contributed by atoms with E-state index in [-0.39, 0.29) is 11.9 Å². The fourth-order valence-corrected chi connectivity index (χ4v) is 2.05. The number of nitrogens with zero attached hydrogens (tertiary/aromatic N) is 2. The maximum atomic E-state index is 12.5. The second kappa shape index (κ2) is 8.62. The van der Waals surface area contributed by atoms with Crippen molar-refractivity contribution in [1.29, 1.82) is 0 Å². The predicted octanol–water partition coefficient (Wildman–Crippen LogP) is 2.22. The Morgan fingerprint density at radius 2 is 2.10 bits per heavy atom. The van der Waals surface area contributed by atoms with Crippen LogP contribution in [0.2, 0.25) is 0 Å². The molecule has 2 N–H and O–H groups in total. The Kier molecular flexibility index (Phi) is 7.15. The molecule has 0 bridgehead atoms. The molecule has 0 aliphatic heterocycles. The molecule has 0 saturated carbocycles. The minimum absolute atomic E-state index is 0.0674. The molecule has 1 aromatic heterocycles. The van der Waals surface area contributed by atoms with E-state index in [0.29, 0.717) is 11.5 Å². The van der Waals surface area contributed by atoms with Crippen LogP contribution < -0.4 is 10.6 Å². The lowest BCUT2D eigenvalue weighted by Gasteiger charge is -2.26. The molecule has 5 heteroatoms. The summed E-state index contributed by atoms with van der Waals surface area (Å²) in [5, 5.41) is 6.40. The molecule has 0 radical (unpaired) electrons. The van der Waals surface area contributed by atoms with Crippen LogP contribution in [0.15, 0.2) is 18.5 Å². The Bertz CT molecular complexity index is 446. The average Bonchev–Trinajstić information content (AvgIpc) is 2.44. The van der Waals surface area contributed by atoms with Gasteiger partial charge in [0.2, 0.25) is 0 Å². The second-order valence-corrected chi connectivity index (χ2v) is 5.93. The summed E-state index contributed by atoms with van der Waals surface area (Å²) in [6.07, 6.45) is 4.34. The third-order valence-corrected chi connectivity index (χ3v) is 3.31. The van der Waals surface area contributed by atoms with Crippen molar-refractivity contribution in [3.63, 3.8) is 0 Å². The standard InChI is InChI=1S/C16H28N4O/c1-6-8-18-14-7-9-17-10-13(14)16(21)19-15(12(2)3)11-20(4)5/h7,9-10,12,15H,6,8,11H2,1-5H3,(H,17,18)(H,19,21). The lowest BCUT2D eigenvalue weighted by Crippen LogP contribution is -2.45. The van der Waals surface area contributed by atoms with Crippen molar-refractivity contribution in [2.75, 3.05) is 32.5 Å². The molecule has 0 aliphatic carbocycles. The van der Waals surface area contributed by atoms with Crippen LogP contribution >= 0.6 is 0 Å². The molecule has 0 fully saturated rings. The second-order valence-electron chi connectivity index (χ2n) is 5.93. The number of nitrogens with one attached hydrogen (secondary N) is 2. The lowest BCUT2D eigenvalue weighted by atomic mass is 10.0. The van der Waals surface area contributed by atoms with Gasteiger partial charge in [0, 0.05) is 31.5 Å². The van der Waals surface area contributed by atoms with Crippen molar-refractivity contribution < 1.29 is 4.79 Å². The molecule has 1 rings (SSSR count). The summed E-state index contributed by atoms with van der Waals surface area (Å²) in [6, 6.07) is 1.97. The van der Waals surface area contributed by atoms with Gasteiger partial charge >= 0.3 is 0 Å². The Morgan fingerprint density at radius 3 is 2.67 bits per heavy atom. The minimum atomic E-state index is -0.0674. The van der Waals surface area contributed by atoms with Gasteiger partial charge in [-0.2, -0.15) is 0 Å². The quantitative estimate of drug-likeness (QED) is 0.771. The van der Waals surface area contributed by atoms with Gasteiger partial charge in [0.1, 0.15) is 0 Å². The summed E-state index contributed by atoms with van der Waals surface area (Å²) >= 11 is 0. The molecule has 0 aliphatic rings. The number of likely N-dealkylation sites (N-methyl/N-ethyl adjacent to an activating group) is 1. The SMILES string of the molecule is CCCNc1ccncc1C(=O)NC(CN(C)C)C(C)C. The molecule has 0 saturated heterocycles. The smallest absolute Gasteiger partial charge is 0.255 e. The van der Waals surface area contributed by atoms with Gasteiger partial charge in [0.15, 0.2) is 0 Å². The number of carbonyl (C=O) groups excluding carboxylic acids is 1. The van der Waals surface area contributed by atoms with Crippen LogP contribution in [0.4, 0.5) is 5.69 Å². The van der Waals surface area contributed by atoms with Gasteiger partial charge in [-0.3, -0.25) is 9.78 Å². The van der Waals surface area contributed by atoms with Crippen molar-refractivity contribution >= 4 is 11.6 Å². The van der Waals surface area contributed by atoms with Gasteiger partial charge in [-0.1, -0.05) is 20.8 Å². The number of carbonyl (C=O) groups is 1. The number of anilines is 1. The van der Waals surface area contributed by atoms with E-state index in [9.17, 15) is 4.79 Å². The third kappa shape index (κ3) is 5.71. The van der Waals surface area contributed by atoms with Gasteiger partial charge in [-0.25, -0.2) is 0 Å². The molecule has 1 atom stereocenters. The first kappa shape index (κ1) is 17.4. The van der Waals surface area contributed by atoms with Crippen LogP contribution in [-0.4, -0.2) is 49.0 Å². The number of aromatic nitrogens is 1. The summed E-state index contributed by atoms with van der Waals surface area (Å²) in [7, 11) is 4.03. The van der Waals surface area contributed by atoms with Crippen LogP contribution in [0.25, 0.3) is 0 Å². The lowest BCUT2D eigenvalue weighted by molar-refractivity contribution is 0.0917. The van der Waals surface area contributed by atoms with Gasteiger partial charge in [0.25, 0.3) is 5.91 Å². The molecule has 0 aromatic carbocycles. The van der Waals surface area contributed by atoms with E-state index in [2.05, 4.69) is 41.3 Å². The molecule has 5 nitrogen and oxygen atoms in total. The molecule has 21 heavy (non-hydrogen) atoms. The average molecular weight is 292 g/mol. The molecule has 1 unspecified atom stereocenters. The third-order valence-electron chi connectivity index (χ3n) is 3.31. The van der Waals surface area contributed by atoms with E-state index < -0.39 is 0 Å². The number of hydrogen-bond donors (Lipinski definition) is 2. The molecule has 118 valence electrons. The summed E-state index contributed by atoms with van der Waals surface area (Å²) < 4.78 is 0. The van der Waals surface area contributed by atoms with E-state index in [0.717, 1.165) is 25.2 Å². The first-order chi connectivity index (χ1) is 9.95. The van der Waals surface area contributed by atoms with Crippen LogP contribution in [-0.2, 0) is 0 Å². The summed E-state index contributed by atoms with van der Waals surface area (Å²) in [6.45, 7) is 8.00. The van der Waals surface area contributed by atoms with Crippen LogP contribution in [0.1, 0.15) is 37.6 Å². The zero-order chi connectivity index (χ0) is 15.8. The number of pyridine rings is 1. The Hall–Kier alpha value is -1.62. The number of amides is 1. The normalized spacial score (nSPS) is 12.5. The number of hydrogen-bond acceptors (Lipinski definition) is 4. The van der Waals surface area contributed by atoms with Gasteiger partial charge < -0.3 is 15.5 Å². The first-order valence-corrected chi connectivity index (χ1v) is 7.59. The van der Waals surface area contributed by atoms with E-state index in [4.69, 9.17) is 0 Å². The van der Waals surface area contributed by atoms with Gasteiger partial charge in [0.05, 0.1) is 11.3 Å². The topological polar surface area (TPSA) is 57.3 Å². The van der Waals surface area contributed by atoms with E-state index in [1.165, 1.54) is 0 Å². The maximum absolute atomic E-state index is 12.5. The van der Waals surface area contributed by atoms with Gasteiger partial charge in [-0.15, -0.1) is 0 Å². The highest BCUT2D eigenvalue weighted by molar-refractivity contribution is 5.99. The molecule has 0 spiro atoms. The minimum Gasteiger partial charge on any atom is -0.384 e. The molecule has 1 aromatic rings. The Balaban J connectivity index is 2.82. The van der Waals surface area contributed by atoms with E-state index >= 15 is 0 Å². The van der Waals surface area contributed by atoms with Crippen molar-refractivity contribution in [2.45, 2.75) is 33.2 Å². The molecular weight excluding hydrogens is 264 g/mol. The highest BCUT2D eigenvalue weighted by Crippen LogP contribution is 2.14. The van der Waals surface area contributed by atoms with Gasteiger partial charge in [-0.05, 0) is 32.5 Å². The highest BCUT2D eigenvalue weighted by atomic mass is 16.1.